The van der Waals surface area contributed by atoms with Crippen LogP contribution in [0, 0.1) is 254 Å². The fraction of sp³-hybridized carbons (Fsp3) is 0.780. The number of allylic oxidation sites excluding steroid dienone is 4. The Hall–Kier alpha value is -3.70. The number of rotatable bonds is 0. The minimum atomic E-state index is 0.274. The summed E-state index contributed by atoms with van der Waals surface area (Å²) in [6.07, 6.45) is 5.82. The standard InChI is InChI=1S/C17H30.C17H32.2C16H30.3C9H15N.C8H12O.C8H12S/c1-14(2)11-8-17(7)9-12(14)16(5,6)13(10-17)15(11,3)4;1-12(2)13(3,4)17(10)11-16(12,9)14(5,6)15(17,7)8;2*1-11-12(2)14(5,6)16(9,10)15(7,8)13(11,3)4;3*1-6-7(2)9(4)10(5)8(6)3;2*1-5-6(2)8(4)9-7(5)3/h11-13H,8-10H2,1-7H3;11H2,1-10H3;2*1-10H3;3*1-5H3;2*1-4H3. The molecule has 0 aliphatic heterocycles. The van der Waals surface area contributed by atoms with Crippen LogP contribution in [0.3, 0.4) is 0 Å². The minimum absolute atomic E-state index is 0.274. The number of hydrogen-bond acceptors (Lipinski definition) is 2. The Morgan fingerprint density at radius 1 is 0.237 bits per heavy atom. The summed E-state index contributed by atoms with van der Waals surface area (Å²) in [5.41, 5.74) is 35.8. The first-order valence-corrected chi connectivity index (χ1v) is 45.8. The van der Waals surface area contributed by atoms with Crippen LogP contribution in [0.1, 0.15) is 393 Å². The summed E-state index contributed by atoms with van der Waals surface area (Å²) in [6.45, 7) is 134. The number of fused-ring (bicyclic) bond motifs is 2. The van der Waals surface area contributed by atoms with Gasteiger partial charge in [0, 0.05) is 65.1 Å². The first kappa shape index (κ1) is 103. The van der Waals surface area contributed by atoms with Crippen LogP contribution in [0.15, 0.2) is 26.7 Å². The van der Waals surface area contributed by atoms with Gasteiger partial charge < -0.3 is 18.1 Å². The molecule has 13 rings (SSSR count). The van der Waals surface area contributed by atoms with Crippen molar-refractivity contribution < 1.29 is 4.42 Å². The van der Waals surface area contributed by atoms with Gasteiger partial charge in [-0.05, 0) is 363 Å². The van der Waals surface area contributed by atoms with Crippen LogP contribution in [-0.2, 0) is 21.1 Å². The van der Waals surface area contributed by atoms with E-state index in [2.05, 4.69) is 416 Å². The quantitative estimate of drug-likeness (QED) is 0.142. The van der Waals surface area contributed by atoms with Gasteiger partial charge in [-0.15, -0.1) is 11.3 Å². The molecular weight excluding hydrogens is 1400 g/mol. The molecule has 8 aliphatic rings. The molecule has 5 aromatic heterocycles. The average molecular weight is 1590 g/mol. The Balaban J connectivity index is 0.000000273. The van der Waals surface area contributed by atoms with Gasteiger partial charge in [-0.2, -0.15) is 0 Å². The molecule has 6 saturated carbocycles. The van der Waals surface area contributed by atoms with E-state index in [-0.39, 0.29) is 21.7 Å². The summed E-state index contributed by atoms with van der Waals surface area (Å²) in [7, 11) is 6.35. The predicted molar refractivity (Wildman–Crippen MR) is 511 cm³/mol. The van der Waals surface area contributed by atoms with Crippen molar-refractivity contribution in [2.24, 2.45) is 136 Å². The number of nitrogens with zero attached hydrogens (tertiary/aromatic N) is 3. The van der Waals surface area contributed by atoms with Gasteiger partial charge in [0.15, 0.2) is 0 Å². The van der Waals surface area contributed by atoms with Crippen LogP contribution in [0.4, 0.5) is 0 Å². The highest BCUT2D eigenvalue weighted by Gasteiger charge is 2.82. The number of furan rings is 1. The molecule has 5 aromatic rings. The zero-order chi connectivity index (χ0) is 90.6. The molecule has 0 aromatic carbocycles. The van der Waals surface area contributed by atoms with Crippen molar-refractivity contribution in [3.8, 4) is 0 Å². The molecule has 0 spiro atoms. The lowest BCUT2D eigenvalue weighted by atomic mass is 9.30. The van der Waals surface area contributed by atoms with E-state index in [1.54, 1.807) is 22.3 Å². The molecule has 8 aliphatic carbocycles. The largest absolute Gasteiger partial charge is 0.466 e. The summed E-state index contributed by atoms with van der Waals surface area (Å²) in [4.78, 5) is 2.93. The third-order valence-corrected chi connectivity index (χ3v) is 44.1. The average Bonchev–Trinajstić information content (AvgIpc) is 1.48. The van der Waals surface area contributed by atoms with Crippen molar-refractivity contribution in [1.29, 1.82) is 0 Å². The van der Waals surface area contributed by atoms with E-state index in [9.17, 15) is 0 Å². The molecule has 5 heterocycles. The fourth-order valence-corrected chi connectivity index (χ4v) is 26.5. The molecule has 4 nitrogen and oxygen atoms in total. The van der Waals surface area contributed by atoms with Gasteiger partial charge in [-0.3, -0.25) is 0 Å². The number of thiophene rings is 1. The molecule has 654 valence electrons. The Morgan fingerprint density at radius 3 is 0.509 bits per heavy atom. The van der Waals surface area contributed by atoms with Crippen molar-refractivity contribution in [3.05, 3.63) is 133 Å². The summed E-state index contributed by atoms with van der Waals surface area (Å²) in [5, 5.41) is 0. The van der Waals surface area contributed by atoms with Crippen LogP contribution in [0.25, 0.3) is 0 Å². The van der Waals surface area contributed by atoms with Gasteiger partial charge in [-0.1, -0.05) is 251 Å². The van der Waals surface area contributed by atoms with E-state index in [0.29, 0.717) is 75.8 Å². The van der Waals surface area contributed by atoms with E-state index >= 15 is 0 Å². The summed E-state index contributed by atoms with van der Waals surface area (Å²) in [6, 6.07) is 0. The van der Waals surface area contributed by atoms with Crippen molar-refractivity contribution >= 4 is 11.3 Å². The number of aromatic nitrogens is 3. The third kappa shape index (κ3) is 15.3. The maximum Gasteiger partial charge on any atom is 0.104 e. The molecule has 6 fully saturated rings. The predicted octanol–water partition coefficient (Wildman–Crippen LogP) is 33.8. The lowest BCUT2D eigenvalue weighted by Gasteiger charge is -2.75. The van der Waals surface area contributed by atoms with Gasteiger partial charge in [0.05, 0.1) is 0 Å². The molecule has 0 amide bonds. The summed E-state index contributed by atoms with van der Waals surface area (Å²) in [5.74, 6) is 4.90. The zero-order valence-electron chi connectivity index (χ0n) is 87.7. The molecule has 0 radical (unpaired) electrons. The molecule has 114 heavy (non-hydrogen) atoms. The highest BCUT2D eigenvalue weighted by Crippen LogP contribution is 2.88. The first-order chi connectivity index (χ1) is 50.3. The molecule has 0 N–H and O–H groups in total. The maximum atomic E-state index is 5.34. The van der Waals surface area contributed by atoms with Gasteiger partial charge in [0.2, 0.25) is 0 Å². The van der Waals surface area contributed by atoms with Gasteiger partial charge >= 0.3 is 0 Å². The minimum Gasteiger partial charge on any atom is -0.466 e. The van der Waals surface area contributed by atoms with Crippen molar-refractivity contribution in [1.82, 2.24) is 13.7 Å². The monoisotopic (exact) mass is 1590 g/mol. The number of hydrogen-bond donors (Lipinski definition) is 0. The Morgan fingerprint density at radius 2 is 0.404 bits per heavy atom. The van der Waals surface area contributed by atoms with Crippen molar-refractivity contribution in [3.63, 3.8) is 0 Å². The van der Waals surface area contributed by atoms with Gasteiger partial charge in [0.25, 0.3) is 0 Å². The second kappa shape index (κ2) is 32.0. The summed E-state index contributed by atoms with van der Waals surface area (Å²) < 4.78 is 12.1. The molecular formula is C109H191N3OS. The van der Waals surface area contributed by atoms with Crippen molar-refractivity contribution in [2.45, 2.75) is 420 Å². The second-order valence-corrected chi connectivity index (χ2v) is 49.7. The lowest BCUT2D eigenvalue weighted by Crippen LogP contribution is -2.68. The first-order valence-electron chi connectivity index (χ1n) is 45.0. The molecule has 5 heteroatoms. The van der Waals surface area contributed by atoms with Crippen LogP contribution < -0.4 is 0 Å². The smallest absolute Gasteiger partial charge is 0.104 e. The zero-order valence-corrected chi connectivity index (χ0v) is 88.5. The highest BCUT2D eigenvalue weighted by atomic mass is 32.1. The lowest BCUT2D eigenvalue weighted by molar-refractivity contribution is -0.263. The molecule has 0 saturated heterocycles. The Kier molecular flexibility index (Phi) is 28.8. The van der Waals surface area contributed by atoms with Crippen LogP contribution in [0.5, 0.6) is 0 Å². The van der Waals surface area contributed by atoms with Crippen molar-refractivity contribution in [2.75, 3.05) is 0 Å². The highest BCUT2D eigenvalue weighted by molar-refractivity contribution is 7.12. The molecule has 6 bridgehead atoms. The van der Waals surface area contributed by atoms with E-state index in [0.717, 1.165) is 29.3 Å². The van der Waals surface area contributed by atoms with Crippen LogP contribution in [0.2, 0.25) is 0 Å². The third-order valence-electron chi connectivity index (χ3n) is 42.9. The van der Waals surface area contributed by atoms with Crippen LogP contribution in [-0.4, -0.2) is 13.7 Å². The fourth-order valence-electron chi connectivity index (χ4n) is 25.4. The van der Waals surface area contributed by atoms with Gasteiger partial charge in [-0.25, -0.2) is 0 Å². The van der Waals surface area contributed by atoms with Gasteiger partial charge in [0.1, 0.15) is 11.5 Å². The SMILES string of the molecule is CC1(C)C(C)(C)C2(C)CC1(C)C(C)(C)C2(C)C.CC12CC3C(C)(C)C(C1)C(C)(C)C(C2)C3(C)C.CC1=C(C)C(C)(C)C(C)(C)C(C)(C)C1(C)C.CC1=C(C)C(C)(C)C(C)(C)C(C)(C)C1(C)C.Cc1c(C)c(C)n(C)c1C.Cc1c(C)c(C)n(C)c1C.Cc1c(C)c(C)n(C)c1C.Cc1oc(C)c(C)c1C.Cc1sc(C)c(C)c1C. The van der Waals surface area contributed by atoms with E-state index < -0.39 is 0 Å². The van der Waals surface area contributed by atoms with E-state index in [4.69, 9.17) is 4.42 Å². The molecule has 0 atom stereocenters. The Bertz CT molecular complexity index is 3620. The second-order valence-electron chi connectivity index (χ2n) is 48.3. The van der Waals surface area contributed by atoms with E-state index in [1.165, 1.54) is 125 Å². The van der Waals surface area contributed by atoms with Crippen LogP contribution >= 0.6 is 11.3 Å². The topological polar surface area (TPSA) is 27.9 Å². The maximum absolute atomic E-state index is 5.34. The molecule has 0 unspecified atom stereocenters. The Labute approximate surface area is 714 Å². The normalized spacial score (nSPS) is 28.0. The van der Waals surface area contributed by atoms with E-state index in [1.807, 2.05) is 25.2 Å². The number of aryl methyl sites for hydroxylation is 4. The summed E-state index contributed by atoms with van der Waals surface area (Å²) >= 11 is 1.90.